The normalized spacial score (nSPS) is 29.1. The molecule has 0 amide bonds. The van der Waals surface area contributed by atoms with E-state index in [1.165, 1.54) is 32.2 Å². The molecule has 10 heavy (non-hydrogen) atoms. The summed E-state index contributed by atoms with van der Waals surface area (Å²) in [6.45, 7) is 2.31. The number of methoxy groups -OCH3 is 1. The molecule has 1 aliphatic rings. The van der Waals surface area contributed by atoms with Crippen LogP contribution in [0.5, 0.6) is 0 Å². The van der Waals surface area contributed by atoms with Crippen molar-refractivity contribution in [3.05, 3.63) is 0 Å². The van der Waals surface area contributed by atoms with Gasteiger partial charge < -0.3 is 10.1 Å². The SMILES string of the molecule is CO[C@H]1CCCCNCC1. The van der Waals surface area contributed by atoms with Crippen molar-refractivity contribution in [2.75, 3.05) is 20.2 Å². The standard InChI is InChI=1S/C8H17NO/c1-10-8-4-2-3-6-9-7-5-8/h8-9H,2-7H2,1H3/t8-/m0/s1. The van der Waals surface area contributed by atoms with Crippen molar-refractivity contribution in [1.29, 1.82) is 0 Å². The molecule has 0 bridgehead atoms. The Morgan fingerprint density at radius 3 is 2.90 bits per heavy atom. The van der Waals surface area contributed by atoms with Gasteiger partial charge in [-0.3, -0.25) is 0 Å². The summed E-state index contributed by atoms with van der Waals surface area (Å²) in [6.07, 6.45) is 5.55. The molecule has 0 spiro atoms. The molecule has 1 heterocycles. The highest BCUT2D eigenvalue weighted by Crippen LogP contribution is 2.08. The van der Waals surface area contributed by atoms with E-state index in [1.54, 1.807) is 0 Å². The van der Waals surface area contributed by atoms with Gasteiger partial charge in [0, 0.05) is 7.11 Å². The average molecular weight is 143 g/mol. The van der Waals surface area contributed by atoms with Crippen molar-refractivity contribution in [2.45, 2.75) is 31.8 Å². The minimum atomic E-state index is 0.507. The lowest BCUT2D eigenvalue weighted by Crippen LogP contribution is -2.25. The minimum Gasteiger partial charge on any atom is -0.381 e. The van der Waals surface area contributed by atoms with Gasteiger partial charge in [0.05, 0.1) is 6.10 Å². The van der Waals surface area contributed by atoms with Crippen LogP contribution >= 0.6 is 0 Å². The van der Waals surface area contributed by atoms with Crippen LogP contribution in [0, 0.1) is 0 Å². The monoisotopic (exact) mass is 143 g/mol. The maximum absolute atomic E-state index is 5.29. The van der Waals surface area contributed by atoms with Gasteiger partial charge in [0.25, 0.3) is 0 Å². The molecule has 0 aliphatic carbocycles. The summed E-state index contributed by atoms with van der Waals surface area (Å²) in [5.41, 5.74) is 0. The van der Waals surface area contributed by atoms with E-state index >= 15 is 0 Å². The zero-order valence-corrected chi connectivity index (χ0v) is 6.73. The number of ether oxygens (including phenoxy) is 1. The second kappa shape index (κ2) is 4.69. The van der Waals surface area contributed by atoms with E-state index in [9.17, 15) is 0 Å². The molecule has 0 radical (unpaired) electrons. The number of hydrogen-bond acceptors (Lipinski definition) is 2. The molecule has 2 heteroatoms. The summed E-state index contributed by atoms with van der Waals surface area (Å²) in [5, 5.41) is 3.37. The molecule has 1 saturated heterocycles. The molecule has 0 aromatic heterocycles. The summed E-state index contributed by atoms with van der Waals surface area (Å²) < 4.78 is 5.29. The largest absolute Gasteiger partial charge is 0.381 e. The Hall–Kier alpha value is -0.0800. The van der Waals surface area contributed by atoms with Gasteiger partial charge in [-0.05, 0) is 38.8 Å². The molecular weight excluding hydrogens is 126 g/mol. The molecule has 0 aromatic rings. The maximum atomic E-state index is 5.29. The van der Waals surface area contributed by atoms with E-state index in [2.05, 4.69) is 5.32 Å². The third kappa shape index (κ3) is 2.67. The van der Waals surface area contributed by atoms with Gasteiger partial charge in [-0.25, -0.2) is 0 Å². The number of hydrogen-bond donors (Lipinski definition) is 1. The Bertz CT molecular complexity index is 77.3. The molecule has 0 unspecified atom stereocenters. The number of nitrogens with one attached hydrogen (secondary N) is 1. The van der Waals surface area contributed by atoms with E-state index in [0.717, 1.165) is 6.54 Å². The minimum absolute atomic E-state index is 0.507. The fraction of sp³-hybridized carbons (Fsp3) is 1.00. The molecule has 1 rings (SSSR count). The van der Waals surface area contributed by atoms with Gasteiger partial charge in [-0.1, -0.05) is 0 Å². The van der Waals surface area contributed by atoms with Crippen LogP contribution in [0.4, 0.5) is 0 Å². The van der Waals surface area contributed by atoms with Crippen molar-refractivity contribution < 1.29 is 4.74 Å². The highest BCUT2D eigenvalue weighted by Gasteiger charge is 2.08. The van der Waals surface area contributed by atoms with Crippen molar-refractivity contribution >= 4 is 0 Å². The Kier molecular flexibility index (Phi) is 3.76. The van der Waals surface area contributed by atoms with Crippen molar-refractivity contribution in [3.63, 3.8) is 0 Å². The van der Waals surface area contributed by atoms with E-state index in [1.807, 2.05) is 7.11 Å². The zero-order chi connectivity index (χ0) is 7.23. The Balaban J connectivity index is 2.16. The predicted molar refractivity (Wildman–Crippen MR) is 42.1 cm³/mol. The van der Waals surface area contributed by atoms with Crippen LogP contribution in [0.1, 0.15) is 25.7 Å². The molecule has 1 atom stereocenters. The van der Waals surface area contributed by atoms with E-state index in [-0.39, 0.29) is 0 Å². The van der Waals surface area contributed by atoms with Crippen molar-refractivity contribution in [2.24, 2.45) is 0 Å². The van der Waals surface area contributed by atoms with Gasteiger partial charge in [0.1, 0.15) is 0 Å². The highest BCUT2D eigenvalue weighted by atomic mass is 16.5. The quantitative estimate of drug-likeness (QED) is 0.595. The Labute approximate surface area is 63.0 Å². The molecule has 1 fully saturated rings. The second-order valence-corrected chi connectivity index (χ2v) is 2.89. The van der Waals surface area contributed by atoms with E-state index in [0.29, 0.717) is 6.10 Å². The van der Waals surface area contributed by atoms with E-state index in [4.69, 9.17) is 4.74 Å². The van der Waals surface area contributed by atoms with Crippen LogP contribution in [0.2, 0.25) is 0 Å². The first kappa shape index (κ1) is 8.02. The summed E-state index contributed by atoms with van der Waals surface area (Å²) in [7, 11) is 1.81. The maximum Gasteiger partial charge on any atom is 0.0583 e. The number of rotatable bonds is 1. The predicted octanol–water partition coefficient (Wildman–Crippen LogP) is 1.17. The second-order valence-electron chi connectivity index (χ2n) is 2.89. The van der Waals surface area contributed by atoms with Gasteiger partial charge in [0.2, 0.25) is 0 Å². The van der Waals surface area contributed by atoms with Crippen molar-refractivity contribution in [3.8, 4) is 0 Å². The first-order chi connectivity index (χ1) is 4.93. The third-order valence-corrected chi connectivity index (χ3v) is 2.11. The van der Waals surface area contributed by atoms with Gasteiger partial charge in [-0.15, -0.1) is 0 Å². The fourth-order valence-electron chi connectivity index (χ4n) is 1.39. The van der Waals surface area contributed by atoms with Crippen LogP contribution in [0.3, 0.4) is 0 Å². The van der Waals surface area contributed by atoms with Gasteiger partial charge in [0.15, 0.2) is 0 Å². The summed E-state index contributed by atoms with van der Waals surface area (Å²) in [4.78, 5) is 0. The first-order valence-electron chi connectivity index (χ1n) is 4.17. The van der Waals surface area contributed by atoms with Crippen LogP contribution in [0.25, 0.3) is 0 Å². The fourth-order valence-corrected chi connectivity index (χ4v) is 1.39. The molecule has 1 aliphatic heterocycles. The lowest BCUT2D eigenvalue weighted by molar-refractivity contribution is 0.0825. The lowest BCUT2D eigenvalue weighted by atomic mass is 10.1. The first-order valence-corrected chi connectivity index (χ1v) is 4.17. The Morgan fingerprint density at radius 2 is 2.10 bits per heavy atom. The van der Waals surface area contributed by atoms with Gasteiger partial charge >= 0.3 is 0 Å². The molecular formula is C8H17NO. The van der Waals surface area contributed by atoms with Crippen LogP contribution in [0.15, 0.2) is 0 Å². The zero-order valence-electron chi connectivity index (χ0n) is 6.73. The third-order valence-electron chi connectivity index (χ3n) is 2.11. The van der Waals surface area contributed by atoms with Crippen LogP contribution < -0.4 is 5.32 Å². The Morgan fingerprint density at radius 1 is 1.20 bits per heavy atom. The smallest absolute Gasteiger partial charge is 0.0583 e. The topological polar surface area (TPSA) is 21.3 Å². The van der Waals surface area contributed by atoms with Crippen LogP contribution in [-0.4, -0.2) is 26.3 Å². The summed E-state index contributed by atoms with van der Waals surface area (Å²) in [5.74, 6) is 0. The summed E-state index contributed by atoms with van der Waals surface area (Å²) in [6, 6.07) is 0. The lowest BCUT2D eigenvalue weighted by Gasteiger charge is -2.18. The summed E-state index contributed by atoms with van der Waals surface area (Å²) >= 11 is 0. The average Bonchev–Trinajstić information content (AvgIpc) is 1.87. The molecule has 60 valence electrons. The van der Waals surface area contributed by atoms with Gasteiger partial charge in [-0.2, -0.15) is 0 Å². The molecule has 2 nitrogen and oxygen atoms in total. The van der Waals surface area contributed by atoms with E-state index < -0.39 is 0 Å². The molecule has 0 saturated carbocycles. The van der Waals surface area contributed by atoms with Crippen LogP contribution in [-0.2, 0) is 4.74 Å². The molecule has 1 N–H and O–H groups in total. The molecule has 0 aromatic carbocycles. The highest BCUT2D eigenvalue weighted by molar-refractivity contribution is 4.64. The van der Waals surface area contributed by atoms with Crippen molar-refractivity contribution in [1.82, 2.24) is 5.32 Å².